The number of carbonyl (C=O) groups excluding carboxylic acids is 1. The number of rotatable bonds is 2. The predicted octanol–water partition coefficient (Wildman–Crippen LogP) is 1.39. The molecule has 1 heterocycles. The summed E-state index contributed by atoms with van der Waals surface area (Å²) in [6.45, 7) is 0.954. The maximum absolute atomic E-state index is 11.7. The molecule has 1 N–H and O–H groups in total. The minimum Gasteiger partial charge on any atom is -0.445 e. The van der Waals surface area contributed by atoms with Crippen molar-refractivity contribution in [2.75, 3.05) is 6.54 Å². The van der Waals surface area contributed by atoms with Crippen LogP contribution in [0.5, 0.6) is 0 Å². The highest BCUT2D eigenvalue weighted by Crippen LogP contribution is 2.42. The van der Waals surface area contributed by atoms with E-state index in [4.69, 9.17) is 4.74 Å². The Labute approximate surface area is 99.8 Å². The molecule has 0 unspecified atom stereocenters. The molecule has 1 amide bonds. The average molecular weight is 233 g/mol. The number of piperidine rings is 1. The Kier molecular flexibility index (Phi) is 2.52. The van der Waals surface area contributed by atoms with Crippen LogP contribution in [0.3, 0.4) is 0 Å². The first-order valence-corrected chi connectivity index (χ1v) is 5.91. The number of amides is 1. The molecule has 0 aromatic heterocycles. The van der Waals surface area contributed by atoms with Crippen LogP contribution in [-0.4, -0.2) is 34.8 Å². The van der Waals surface area contributed by atoms with Crippen LogP contribution in [0.25, 0.3) is 0 Å². The smallest absolute Gasteiger partial charge is 0.410 e. The Bertz CT molecular complexity index is 420. The summed E-state index contributed by atoms with van der Waals surface area (Å²) in [5.74, 6) is 0.291. The molecule has 0 spiro atoms. The molecule has 3 rings (SSSR count). The summed E-state index contributed by atoms with van der Waals surface area (Å²) in [5.41, 5.74) is 0.992. The van der Waals surface area contributed by atoms with Gasteiger partial charge in [-0.2, -0.15) is 0 Å². The van der Waals surface area contributed by atoms with Crippen LogP contribution in [0, 0.1) is 5.92 Å². The molecular formula is C13H15NO3. The van der Waals surface area contributed by atoms with Gasteiger partial charge in [-0.3, -0.25) is 0 Å². The fourth-order valence-electron chi connectivity index (χ4n) is 2.50. The topological polar surface area (TPSA) is 49.8 Å². The zero-order valence-corrected chi connectivity index (χ0v) is 9.45. The summed E-state index contributed by atoms with van der Waals surface area (Å²) in [6, 6.07) is 9.85. The summed E-state index contributed by atoms with van der Waals surface area (Å²) in [7, 11) is 0. The number of fused-ring (bicyclic) bond motifs is 1. The summed E-state index contributed by atoms with van der Waals surface area (Å²) in [5, 5.41) is 9.37. The number of carbonyl (C=O) groups is 1. The quantitative estimate of drug-likeness (QED) is 0.839. The lowest BCUT2D eigenvalue weighted by Gasteiger charge is -2.57. The van der Waals surface area contributed by atoms with Crippen LogP contribution < -0.4 is 0 Å². The predicted molar refractivity (Wildman–Crippen MR) is 61.2 cm³/mol. The van der Waals surface area contributed by atoms with Crippen molar-refractivity contribution >= 4 is 6.09 Å². The van der Waals surface area contributed by atoms with Crippen LogP contribution in [0.2, 0.25) is 0 Å². The van der Waals surface area contributed by atoms with E-state index < -0.39 is 0 Å². The van der Waals surface area contributed by atoms with Crippen LogP contribution in [0.4, 0.5) is 4.79 Å². The Morgan fingerprint density at radius 2 is 2.18 bits per heavy atom. The first kappa shape index (κ1) is 10.6. The Hall–Kier alpha value is -1.55. The molecule has 0 radical (unpaired) electrons. The van der Waals surface area contributed by atoms with E-state index >= 15 is 0 Å². The average Bonchev–Trinajstić information content (AvgIpc) is 2.34. The fourth-order valence-corrected chi connectivity index (χ4v) is 2.50. The van der Waals surface area contributed by atoms with Gasteiger partial charge in [0, 0.05) is 18.5 Å². The van der Waals surface area contributed by atoms with Crippen LogP contribution >= 0.6 is 0 Å². The highest BCUT2D eigenvalue weighted by molar-refractivity contribution is 5.69. The summed E-state index contributed by atoms with van der Waals surface area (Å²) < 4.78 is 5.23. The van der Waals surface area contributed by atoms with E-state index in [1.165, 1.54) is 0 Å². The van der Waals surface area contributed by atoms with Gasteiger partial charge in [-0.1, -0.05) is 30.3 Å². The first-order chi connectivity index (χ1) is 8.25. The molecule has 2 fully saturated rings. The monoisotopic (exact) mass is 233 g/mol. The molecule has 1 saturated heterocycles. The Balaban J connectivity index is 1.49. The Morgan fingerprint density at radius 1 is 1.41 bits per heavy atom. The molecule has 2 aliphatic rings. The van der Waals surface area contributed by atoms with Crippen molar-refractivity contribution in [2.45, 2.75) is 25.2 Å². The third-order valence-electron chi connectivity index (χ3n) is 3.72. The molecule has 1 aliphatic carbocycles. The van der Waals surface area contributed by atoms with E-state index in [9.17, 15) is 9.90 Å². The molecule has 1 aromatic carbocycles. The summed E-state index contributed by atoms with van der Waals surface area (Å²) in [6.07, 6.45) is 0.227. The highest BCUT2D eigenvalue weighted by Gasteiger charge is 2.54. The summed E-state index contributed by atoms with van der Waals surface area (Å²) >= 11 is 0. The molecule has 1 saturated carbocycles. The Morgan fingerprint density at radius 3 is 2.76 bits per heavy atom. The zero-order valence-electron chi connectivity index (χ0n) is 9.45. The third-order valence-corrected chi connectivity index (χ3v) is 3.72. The molecule has 1 aromatic rings. The molecular weight excluding hydrogens is 218 g/mol. The minimum atomic E-state index is -0.262. The van der Waals surface area contributed by atoms with Gasteiger partial charge in [-0.25, -0.2) is 4.79 Å². The van der Waals surface area contributed by atoms with Gasteiger partial charge in [0.1, 0.15) is 6.61 Å². The molecule has 1 aliphatic heterocycles. The number of ether oxygens (including phenoxy) is 1. The second-order valence-corrected chi connectivity index (χ2v) is 4.73. The van der Waals surface area contributed by atoms with Crippen LogP contribution in [0.1, 0.15) is 12.0 Å². The number of likely N-dealkylation sites (tertiary alicyclic amines) is 1. The molecule has 90 valence electrons. The first-order valence-electron chi connectivity index (χ1n) is 5.91. The van der Waals surface area contributed by atoms with Crippen LogP contribution in [-0.2, 0) is 11.3 Å². The second kappa shape index (κ2) is 4.04. The van der Waals surface area contributed by atoms with Crippen LogP contribution in [0.15, 0.2) is 30.3 Å². The van der Waals surface area contributed by atoms with E-state index in [1.807, 2.05) is 30.3 Å². The number of benzene rings is 1. The zero-order chi connectivity index (χ0) is 11.8. The van der Waals surface area contributed by atoms with Crippen molar-refractivity contribution < 1.29 is 14.6 Å². The fraction of sp³-hybridized carbons (Fsp3) is 0.462. The maximum Gasteiger partial charge on any atom is 0.410 e. The largest absolute Gasteiger partial charge is 0.445 e. The maximum atomic E-state index is 11.7. The standard InChI is InChI=1S/C13H15NO3/c15-12-6-11-10(12)7-14(11)13(16)17-8-9-4-2-1-3-5-9/h1-5,10-12,15H,6-8H2/t10-,11-,12+/m1/s1. The van der Waals surface area contributed by atoms with Crippen molar-refractivity contribution in [1.82, 2.24) is 4.90 Å². The summed E-state index contributed by atoms with van der Waals surface area (Å²) in [4.78, 5) is 13.4. The molecule has 3 atom stereocenters. The lowest BCUT2D eigenvalue weighted by Crippen LogP contribution is -2.70. The molecule has 4 nitrogen and oxygen atoms in total. The lowest BCUT2D eigenvalue weighted by atomic mass is 9.69. The molecule has 4 heteroatoms. The number of hydrogen-bond donors (Lipinski definition) is 1. The van der Waals surface area contributed by atoms with Gasteiger partial charge in [-0.15, -0.1) is 0 Å². The van der Waals surface area contributed by atoms with Gasteiger partial charge in [0.05, 0.1) is 6.10 Å². The number of nitrogens with zero attached hydrogens (tertiary/aromatic N) is 1. The van der Waals surface area contributed by atoms with Gasteiger partial charge in [0.2, 0.25) is 0 Å². The number of aliphatic hydroxyl groups is 1. The number of aliphatic hydroxyl groups excluding tert-OH is 1. The SMILES string of the molecule is O=C(OCc1ccccc1)N1C[C@@H]2[C@H]1C[C@@H]2O. The van der Waals surface area contributed by atoms with Gasteiger partial charge in [0.15, 0.2) is 0 Å². The van der Waals surface area contributed by atoms with Crippen molar-refractivity contribution in [3.63, 3.8) is 0 Å². The van der Waals surface area contributed by atoms with E-state index in [0.717, 1.165) is 5.56 Å². The normalized spacial score (nSPS) is 29.9. The lowest BCUT2D eigenvalue weighted by molar-refractivity contribution is -0.137. The van der Waals surface area contributed by atoms with Crippen molar-refractivity contribution in [3.05, 3.63) is 35.9 Å². The van der Waals surface area contributed by atoms with E-state index in [0.29, 0.717) is 25.5 Å². The van der Waals surface area contributed by atoms with Gasteiger partial charge in [-0.05, 0) is 12.0 Å². The molecule has 17 heavy (non-hydrogen) atoms. The number of hydrogen-bond acceptors (Lipinski definition) is 3. The third kappa shape index (κ3) is 1.78. The van der Waals surface area contributed by atoms with Gasteiger partial charge in [0.25, 0.3) is 0 Å². The highest BCUT2D eigenvalue weighted by atomic mass is 16.6. The molecule has 0 bridgehead atoms. The van der Waals surface area contributed by atoms with Crippen molar-refractivity contribution in [2.24, 2.45) is 5.92 Å². The van der Waals surface area contributed by atoms with E-state index in [2.05, 4.69) is 0 Å². The van der Waals surface area contributed by atoms with E-state index in [1.54, 1.807) is 4.90 Å². The van der Waals surface area contributed by atoms with E-state index in [-0.39, 0.29) is 18.2 Å². The minimum absolute atomic E-state index is 0.210. The van der Waals surface area contributed by atoms with Gasteiger partial charge < -0.3 is 14.7 Å². The van der Waals surface area contributed by atoms with Crippen molar-refractivity contribution in [1.29, 1.82) is 0 Å². The van der Waals surface area contributed by atoms with Gasteiger partial charge >= 0.3 is 6.09 Å². The van der Waals surface area contributed by atoms with Crippen molar-refractivity contribution in [3.8, 4) is 0 Å². The second-order valence-electron chi connectivity index (χ2n) is 4.73.